The zero-order chi connectivity index (χ0) is 16.8. The normalized spacial score (nSPS) is 13.8. The summed E-state index contributed by atoms with van der Waals surface area (Å²) >= 11 is 0. The lowest BCUT2D eigenvalue weighted by Gasteiger charge is -2.30. The van der Waals surface area contributed by atoms with Crippen molar-refractivity contribution in [2.24, 2.45) is 5.92 Å². The van der Waals surface area contributed by atoms with E-state index in [1.165, 1.54) is 49.9 Å². The number of aromatic nitrogens is 2. The third-order valence-corrected chi connectivity index (χ3v) is 5.10. The summed E-state index contributed by atoms with van der Waals surface area (Å²) in [6.07, 6.45) is 9.78. The SMILES string of the molecule is CCCCCC(C)(C)c1c(C(C)C(C)C)ncn1CCCC. The zero-order valence-corrected chi connectivity index (χ0v) is 16.1. The van der Waals surface area contributed by atoms with E-state index in [9.17, 15) is 0 Å². The van der Waals surface area contributed by atoms with Gasteiger partial charge < -0.3 is 4.57 Å². The van der Waals surface area contributed by atoms with Gasteiger partial charge in [0.15, 0.2) is 0 Å². The van der Waals surface area contributed by atoms with Crippen LogP contribution >= 0.6 is 0 Å². The topological polar surface area (TPSA) is 17.8 Å². The first-order valence-corrected chi connectivity index (χ1v) is 9.40. The predicted octanol–water partition coefficient (Wildman–Crippen LogP) is 6.30. The minimum Gasteiger partial charge on any atom is -0.334 e. The molecule has 0 saturated carbocycles. The van der Waals surface area contributed by atoms with Gasteiger partial charge in [-0.1, -0.05) is 74.1 Å². The van der Waals surface area contributed by atoms with Crippen LogP contribution in [0.2, 0.25) is 0 Å². The van der Waals surface area contributed by atoms with Gasteiger partial charge >= 0.3 is 0 Å². The highest BCUT2D eigenvalue weighted by Crippen LogP contribution is 2.36. The Morgan fingerprint density at radius 1 is 1.05 bits per heavy atom. The first-order chi connectivity index (χ1) is 10.3. The van der Waals surface area contributed by atoms with Crippen LogP contribution in [-0.4, -0.2) is 9.55 Å². The molecular formula is C20H38N2. The third-order valence-electron chi connectivity index (χ3n) is 5.10. The third kappa shape index (κ3) is 4.86. The molecule has 1 rings (SSSR count). The van der Waals surface area contributed by atoms with Gasteiger partial charge in [-0.05, 0) is 18.8 Å². The fourth-order valence-corrected chi connectivity index (χ4v) is 3.22. The molecule has 0 aliphatic heterocycles. The summed E-state index contributed by atoms with van der Waals surface area (Å²) in [5.74, 6) is 1.17. The number of rotatable bonds is 10. The van der Waals surface area contributed by atoms with Crippen LogP contribution in [0.25, 0.3) is 0 Å². The van der Waals surface area contributed by atoms with Gasteiger partial charge in [-0.2, -0.15) is 0 Å². The molecule has 22 heavy (non-hydrogen) atoms. The van der Waals surface area contributed by atoms with Gasteiger partial charge in [-0.15, -0.1) is 0 Å². The highest BCUT2D eigenvalue weighted by Gasteiger charge is 2.30. The van der Waals surface area contributed by atoms with E-state index in [4.69, 9.17) is 4.98 Å². The van der Waals surface area contributed by atoms with Crippen LogP contribution in [0.4, 0.5) is 0 Å². The zero-order valence-electron chi connectivity index (χ0n) is 16.1. The molecule has 1 atom stereocenters. The molecule has 0 spiro atoms. The average molecular weight is 307 g/mol. The molecule has 0 bridgehead atoms. The number of hydrogen-bond donors (Lipinski definition) is 0. The van der Waals surface area contributed by atoms with E-state index in [0.29, 0.717) is 11.8 Å². The molecule has 0 amide bonds. The minimum atomic E-state index is 0.220. The van der Waals surface area contributed by atoms with E-state index >= 15 is 0 Å². The van der Waals surface area contributed by atoms with Gasteiger partial charge in [0.2, 0.25) is 0 Å². The molecule has 0 aliphatic carbocycles. The van der Waals surface area contributed by atoms with Gasteiger partial charge in [0.05, 0.1) is 12.0 Å². The van der Waals surface area contributed by atoms with Crippen LogP contribution in [0.3, 0.4) is 0 Å². The van der Waals surface area contributed by atoms with Gasteiger partial charge in [-0.3, -0.25) is 0 Å². The monoisotopic (exact) mass is 306 g/mol. The number of unbranched alkanes of at least 4 members (excludes halogenated alkanes) is 3. The molecule has 0 aromatic carbocycles. The highest BCUT2D eigenvalue weighted by atomic mass is 15.1. The van der Waals surface area contributed by atoms with Gasteiger partial charge in [-0.25, -0.2) is 4.98 Å². The number of aryl methyl sites for hydroxylation is 1. The Balaban J connectivity index is 3.11. The molecule has 2 heteroatoms. The summed E-state index contributed by atoms with van der Waals surface area (Å²) < 4.78 is 2.45. The molecule has 0 radical (unpaired) electrons. The largest absolute Gasteiger partial charge is 0.334 e. The molecule has 0 saturated heterocycles. The Labute approximate surface area is 138 Å². The van der Waals surface area contributed by atoms with Crippen LogP contribution in [0, 0.1) is 5.92 Å². The van der Waals surface area contributed by atoms with Crippen molar-refractivity contribution in [2.45, 2.75) is 105 Å². The number of nitrogens with zero attached hydrogens (tertiary/aromatic N) is 2. The van der Waals surface area contributed by atoms with Gasteiger partial charge in [0, 0.05) is 23.6 Å². The summed E-state index contributed by atoms with van der Waals surface area (Å²) in [6.45, 7) is 17.4. The molecule has 0 fully saturated rings. The Hall–Kier alpha value is -0.790. The van der Waals surface area contributed by atoms with E-state index in [1.54, 1.807) is 0 Å². The quantitative estimate of drug-likeness (QED) is 0.464. The Bertz CT molecular complexity index is 429. The summed E-state index contributed by atoms with van der Waals surface area (Å²) in [7, 11) is 0. The maximum absolute atomic E-state index is 4.85. The summed E-state index contributed by atoms with van der Waals surface area (Å²) in [6, 6.07) is 0. The maximum atomic E-state index is 4.85. The van der Waals surface area contributed by atoms with Gasteiger partial charge in [0.25, 0.3) is 0 Å². The van der Waals surface area contributed by atoms with Crippen LogP contribution < -0.4 is 0 Å². The highest BCUT2D eigenvalue weighted by molar-refractivity contribution is 5.26. The molecule has 1 unspecified atom stereocenters. The average Bonchev–Trinajstić information content (AvgIpc) is 2.88. The molecule has 0 N–H and O–H groups in total. The fourth-order valence-electron chi connectivity index (χ4n) is 3.22. The van der Waals surface area contributed by atoms with Crippen LogP contribution in [0.5, 0.6) is 0 Å². The van der Waals surface area contributed by atoms with Crippen molar-refractivity contribution in [2.75, 3.05) is 0 Å². The predicted molar refractivity (Wildman–Crippen MR) is 97.6 cm³/mol. The smallest absolute Gasteiger partial charge is 0.0951 e. The molecule has 1 heterocycles. The lowest BCUT2D eigenvalue weighted by Crippen LogP contribution is -2.25. The molecule has 1 aromatic heterocycles. The van der Waals surface area contributed by atoms with Gasteiger partial charge in [0.1, 0.15) is 0 Å². The Kier molecular flexibility index (Phi) is 7.65. The fraction of sp³-hybridized carbons (Fsp3) is 0.850. The second-order valence-electron chi connectivity index (χ2n) is 7.90. The number of hydrogen-bond acceptors (Lipinski definition) is 1. The van der Waals surface area contributed by atoms with E-state index in [1.807, 2.05) is 0 Å². The lowest BCUT2D eigenvalue weighted by atomic mass is 9.79. The van der Waals surface area contributed by atoms with Crippen LogP contribution in [-0.2, 0) is 12.0 Å². The van der Waals surface area contributed by atoms with Crippen LogP contribution in [0.15, 0.2) is 6.33 Å². The first kappa shape index (κ1) is 19.3. The molecule has 0 aliphatic rings. The maximum Gasteiger partial charge on any atom is 0.0951 e. The van der Waals surface area contributed by atoms with Crippen LogP contribution in [0.1, 0.15) is 104 Å². The van der Waals surface area contributed by atoms with Crippen molar-refractivity contribution < 1.29 is 0 Å². The van der Waals surface area contributed by atoms with Crippen molar-refractivity contribution in [3.05, 3.63) is 17.7 Å². The summed E-state index contributed by atoms with van der Waals surface area (Å²) in [4.78, 5) is 4.85. The van der Waals surface area contributed by atoms with Crippen molar-refractivity contribution in [3.8, 4) is 0 Å². The van der Waals surface area contributed by atoms with Crippen molar-refractivity contribution >= 4 is 0 Å². The standard InChI is InChI=1S/C20H38N2/c1-8-10-12-13-20(6,7)19-18(17(5)16(3)4)21-15-22(19)14-11-9-2/h15-17H,8-14H2,1-7H3. The van der Waals surface area contributed by atoms with Crippen molar-refractivity contribution in [1.29, 1.82) is 0 Å². The lowest BCUT2D eigenvalue weighted by molar-refractivity contribution is 0.402. The second kappa shape index (κ2) is 8.74. The Morgan fingerprint density at radius 3 is 2.23 bits per heavy atom. The molecular weight excluding hydrogens is 268 g/mol. The van der Waals surface area contributed by atoms with Crippen molar-refractivity contribution in [3.63, 3.8) is 0 Å². The summed E-state index contributed by atoms with van der Waals surface area (Å²) in [5, 5.41) is 0. The van der Waals surface area contributed by atoms with E-state index in [-0.39, 0.29) is 5.41 Å². The van der Waals surface area contributed by atoms with E-state index < -0.39 is 0 Å². The molecule has 1 aromatic rings. The first-order valence-electron chi connectivity index (χ1n) is 9.40. The second-order valence-corrected chi connectivity index (χ2v) is 7.90. The van der Waals surface area contributed by atoms with E-state index in [0.717, 1.165) is 6.54 Å². The minimum absolute atomic E-state index is 0.220. The van der Waals surface area contributed by atoms with Crippen molar-refractivity contribution in [1.82, 2.24) is 9.55 Å². The Morgan fingerprint density at radius 2 is 1.68 bits per heavy atom. The van der Waals surface area contributed by atoms with E-state index in [2.05, 4.69) is 59.4 Å². The number of imidazole rings is 1. The molecule has 2 nitrogen and oxygen atoms in total. The molecule has 128 valence electrons. The summed E-state index contributed by atoms with van der Waals surface area (Å²) in [5.41, 5.74) is 3.06.